The molecule has 0 unspecified atom stereocenters. The first-order valence-electron chi connectivity index (χ1n) is 11.2. The number of hydrogen-bond donors (Lipinski definition) is 0. The van der Waals surface area contributed by atoms with Gasteiger partial charge in [0.05, 0.1) is 17.5 Å². The third kappa shape index (κ3) is 5.63. The summed E-state index contributed by atoms with van der Waals surface area (Å²) in [5, 5.41) is 1.97. The predicted molar refractivity (Wildman–Crippen MR) is 135 cm³/mol. The van der Waals surface area contributed by atoms with Gasteiger partial charge in [-0.15, -0.1) is 17.9 Å². The lowest BCUT2D eigenvalue weighted by Gasteiger charge is -2.36. The molecule has 0 aliphatic carbocycles. The van der Waals surface area contributed by atoms with E-state index in [1.54, 1.807) is 52.6 Å². The number of sulfonamides is 1. The molecule has 4 rings (SSSR count). The summed E-state index contributed by atoms with van der Waals surface area (Å²) in [5.74, 6) is -0.362. The van der Waals surface area contributed by atoms with Gasteiger partial charge in [-0.3, -0.25) is 4.79 Å². The van der Waals surface area contributed by atoms with Crippen molar-refractivity contribution < 1.29 is 22.3 Å². The van der Waals surface area contributed by atoms with Gasteiger partial charge < -0.3 is 9.64 Å². The van der Waals surface area contributed by atoms with Crippen molar-refractivity contribution in [3.63, 3.8) is 0 Å². The van der Waals surface area contributed by atoms with Crippen LogP contribution in [0.2, 0.25) is 0 Å². The van der Waals surface area contributed by atoms with Crippen LogP contribution >= 0.6 is 11.3 Å². The van der Waals surface area contributed by atoms with Crippen LogP contribution in [0.15, 0.2) is 77.5 Å². The number of aryl methyl sites for hydroxylation is 1. The standard InChI is InChI=1S/C26H27FN2O4S2/c1-3-13-28(35(31,32)22-9-7-19(2)8-10-22)17-26(30)29-14-11-25-23(12-15-34-25)24(29)18-33-21-6-4-5-20(27)16-21/h3-10,12,15-16,24H,1,11,13-14,17-18H2,2H3/t24-/m1/s1. The summed E-state index contributed by atoms with van der Waals surface area (Å²) in [6.07, 6.45) is 2.15. The minimum atomic E-state index is -3.90. The monoisotopic (exact) mass is 514 g/mol. The second-order valence-electron chi connectivity index (χ2n) is 8.32. The van der Waals surface area contributed by atoms with E-state index in [1.807, 2.05) is 18.4 Å². The lowest BCUT2D eigenvalue weighted by atomic mass is 10.0. The number of ether oxygens (including phenoxy) is 1. The average molecular weight is 515 g/mol. The van der Waals surface area contributed by atoms with Crippen LogP contribution in [-0.2, 0) is 21.2 Å². The number of halogens is 1. The molecule has 0 radical (unpaired) electrons. The Kier molecular flexibility index (Phi) is 7.69. The van der Waals surface area contributed by atoms with Crippen molar-refractivity contribution in [3.8, 4) is 5.75 Å². The van der Waals surface area contributed by atoms with Gasteiger partial charge in [0.1, 0.15) is 18.2 Å². The van der Waals surface area contributed by atoms with Gasteiger partial charge >= 0.3 is 0 Å². The van der Waals surface area contributed by atoms with Crippen molar-refractivity contribution in [1.82, 2.24) is 9.21 Å². The van der Waals surface area contributed by atoms with E-state index in [0.717, 1.165) is 20.3 Å². The van der Waals surface area contributed by atoms with Crippen LogP contribution in [0, 0.1) is 12.7 Å². The lowest BCUT2D eigenvalue weighted by molar-refractivity contribution is -0.135. The summed E-state index contributed by atoms with van der Waals surface area (Å²) in [6, 6.07) is 13.9. The minimum Gasteiger partial charge on any atom is -0.491 e. The van der Waals surface area contributed by atoms with E-state index < -0.39 is 21.9 Å². The van der Waals surface area contributed by atoms with Gasteiger partial charge in [-0.05, 0) is 54.6 Å². The molecule has 3 aromatic rings. The Bertz CT molecular complexity index is 1300. The summed E-state index contributed by atoms with van der Waals surface area (Å²) >= 11 is 1.62. The van der Waals surface area contributed by atoms with E-state index in [4.69, 9.17) is 4.74 Å². The molecule has 2 aromatic carbocycles. The smallest absolute Gasteiger partial charge is 0.243 e. The normalized spacial score (nSPS) is 15.6. The van der Waals surface area contributed by atoms with Crippen LogP contribution in [0.3, 0.4) is 0 Å². The van der Waals surface area contributed by atoms with Gasteiger partial charge in [0.25, 0.3) is 0 Å². The Labute approximate surface area is 209 Å². The molecule has 9 heteroatoms. The summed E-state index contributed by atoms with van der Waals surface area (Å²) in [5.41, 5.74) is 1.92. The third-order valence-electron chi connectivity index (χ3n) is 5.92. The molecule has 0 N–H and O–H groups in total. The molecule has 6 nitrogen and oxygen atoms in total. The first-order valence-corrected chi connectivity index (χ1v) is 13.5. The zero-order valence-corrected chi connectivity index (χ0v) is 21.0. The highest BCUT2D eigenvalue weighted by molar-refractivity contribution is 7.89. The number of thiophene rings is 1. The Morgan fingerprint density at radius 3 is 2.74 bits per heavy atom. The number of amides is 1. The van der Waals surface area contributed by atoms with Crippen LogP contribution in [-0.4, -0.2) is 49.8 Å². The van der Waals surface area contributed by atoms with E-state index in [9.17, 15) is 17.6 Å². The lowest BCUT2D eigenvalue weighted by Crippen LogP contribution is -2.47. The van der Waals surface area contributed by atoms with E-state index in [0.29, 0.717) is 18.7 Å². The van der Waals surface area contributed by atoms with Gasteiger partial charge in [-0.2, -0.15) is 4.31 Å². The fourth-order valence-electron chi connectivity index (χ4n) is 4.10. The van der Waals surface area contributed by atoms with E-state index in [-0.39, 0.29) is 30.5 Å². The van der Waals surface area contributed by atoms with Gasteiger partial charge in [-0.1, -0.05) is 29.8 Å². The van der Waals surface area contributed by atoms with Crippen molar-refractivity contribution in [2.24, 2.45) is 0 Å². The van der Waals surface area contributed by atoms with Crippen molar-refractivity contribution in [2.45, 2.75) is 24.3 Å². The predicted octanol–water partition coefficient (Wildman–Crippen LogP) is 4.58. The molecule has 1 aromatic heterocycles. The number of carbonyl (C=O) groups excluding carboxylic acids is 1. The second-order valence-corrected chi connectivity index (χ2v) is 11.3. The van der Waals surface area contributed by atoms with Crippen molar-refractivity contribution in [1.29, 1.82) is 0 Å². The molecule has 1 atom stereocenters. The van der Waals surface area contributed by atoms with Crippen LogP contribution in [0.4, 0.5) is 4.39 Å². The van der Waals surface area contributed by atoms with Crippen molar-refractivity contribution in [3.05, 3.63) is 94.5 Å². The molecule has 0 spiro atoms. The molecule has 0 saturated carbocycles. The van der Waals surface area contributed by atoms with Gasteiger partial charge in [-0.25, -0.2) is 12.8 Å². The van der Waals surface area contributed by atoms with Crippen LogP contribution in [0.1, 0.15) is 22.0 Å². The van der Waals surface area contributed by atoms with Gasteiger partial charge in [0.2, 0.25) is 15.9 Å². The van der Waals surface area contributed by atoms with Crippen molar-refractivity contribution >= 4 is 27.3 Å². The Hall–Kier alpha value is -3.01. The fraction of sp³-hybridized carbons (Fsp3) is 0.269. The Morgan fingerprint density at radius 1 is 1.26 bits per heavy atom. The largest absolute Gasteiger partial charge is 0.491 e. The molecular formula is C26H27FN2O4S2. The van der Waals surface area contributed by atoms with E-state index >= 15 is 0 Å². The van der Waals surface area contributed by atoms with Gasteiger partial charge in [0.15, 0.2) is 0 Å². The molecule has 35 heavy (non-hydrogen) atoms. The van der Waals surface area contributed by atoms with Gasteiger partial charge in [0, 0.05) is 24.0 Å². The first kappa shape index (κ1) is 25.1. The number of carbonyl (C=O) groups is 1. The number of fused-ring (bicyclic) bond motifs is 1. The molecule has 0 saturated heterocycles. The molecule has 1 aliphatic rings. The molecule has 0 bridgehead atoms. The molecule has 1 aliphatic heterocycles. The Morgan fingerprint density at radius 2 is 2.03 bits per heavy atom. The summed E-state index contributed by atoms with van der Waals surface area (Å²) < 4.78 is 47.2. The molecule has 1 amide bonds. The van der Waals surface area contributed by atoms with Crippen LogP contribution < -0.4 is 4.74 Å². The zero-order chi connectivity index (χ0) is 25.0. The maximum Gasteiger partial charge on any atom is 0.243 e. The highest BCUT2D eigenvalue weighted by Crippen LogP contribution is 2.34. The highest BCUT2D eigenvalue weighted by atomic mass is 32.2. The van der Waals surface area contributed by atoms with E-state index in [2.05, 4.69) is 6.58 Å². The molecular weight excluding hydrogens is 487 g/mol. The van der Waals surface area contributed by atoms with Crippen LogP contribution in [0.5, 0.6) is 5.75 Å². The highest BCUT2D eigenvalue weighted by Gasteiger charge is 2.35. The maximum atomic E-state index is 13.6. The quantitative estimate of drug-likeness (QED) is 0.392. The number of benzene rings is 2. The first-order chi connectivity index (χ1) is 16.8. The summed E-state index contributed by atoms with van der Waals surface area (Å²) in [7, 11) is -3.90. The van der Waals surface area contributed by atoms with Crippen LogP contribution in [0.25, 0.3) is 0 Å². The summed E-state index contributed by atoms with van der Waals surface area (Å²) in [6.45, 7) is 5.80. The molecule has 2 heterocycles. The maximum absolute atomic E-state index is 13.6. The number of nitrogens with zero attached hydrogens (tertiary/aromatic N) is 2. The third-order valence-corrected chi connectivity index (χ3v) is 8.74. The average Bonchev–Trinajstić information content (AvgIpc) is 3.31. The minimum absolute atomic E-state index is 0.00392. The van der Waals surface area contributed by atoms with Crippen molar-refractivity contribution in [2.75, 3.05) is 26.2 Å². The summed E-state index contributed by atoms with van der Waals surface area (Å²) in [4.78, 5) is 16.4. The number of rotatable bonds is 9. The van der Waals surface area contributed by atoms with E-state index in [1.165, 1.54) is 18.2 Å². The fourth-order valence-corrected chi connectivity index (χ4v) is 6.39. The SMILES string of the molecule is C=CCN(CC(=O)N1CCc2sccc2[C@H]1COc1cccc(F)c1)S(=O)(=O)c1ccc(C)cc1. The number of hydrogen-bond acceptors (Lipinski definition) is 5. The Balaban J connectivity index is 1.56. The second kappa shape index (κ2) is 10.7. The zero-order valence-electron chi connectivity index (χ0n) is 19.4. The molecule has 0 fully saturated rings. The molecule has 184 valence electrons. The topological polar surface area (TPSA) is 66.9 Å².